The lowest BCUT2D eigenvalue weighted by Crippen LogP contribution is -2.60. The van der Waals surface area contributed by atoms with E-state index in [1.165, 1.54) is 77.0 Å². The zero-order valence-corrected chi connectivity index (χ0v) is 30.6. The van der Waals surface area contributed by atoms with E-state index >= 15 is 0 Å². The van der Waals surface area contributed by atoms with Crippen molar-refractivity contribution in [3.63, 3.8) is 0 Å². The van der Waals surface area contributed by atoms with E-state index < -0.39 is 0 Å². The molecule has 0 aromatic rings. The zero-order valence-electron chi connectivity index (χ0n) is 30.6. The van der Waals surface area contributed by atoms with Gasteiger partial charge in [0.15, 0.2) is 0 Å². The van der Waals surface area contributed by atoms with Crippen LogP contribution in [-0.4, -0.2) is 23.1 Å². The highest BCUT2D eigenvalue weighted by Crippen LogP contribution is 2.63. The largest absolute Gasteiger partial charge is 0.459 e. The maximum absolute atomic E-state index is 13.2. The molecule has 0 aromatic carbocycles. The van der Waals surface area contributed by atoms with Crippen LogP contribution in [0.25, 0.3) is 0 Å². The van der Waals surface area contributed by atoms with E-state index in [0.717, 1.165) is 66.6 Å². The summed E-state index contributed by atoms with van der Waals surface area (Å²) in [5, 5.41) is 0. The van der Waals surface area contributed by atoms with Crippen LogP contribution in [0.2, 0.25) is 0 Å². The van der Waals surface area contributed by atoms with E-state index in [1.807, 2.05) is 0 Å². The molecule has 12 fully saturated rings. The molecule has 12 saturated carbocycles. The van der Waals surface area contributed by atoms with Gasteiger partial charge in [-0.2, -0.15) is 0 Å². The molecular formula is C47H82O4. The number of rotatable bonds is 5. The van der Waals surface area contributed by atoms with Gasteiger partial charge in [-0.3, -0.25) is 9.59 Å². The fraction of sp³-hybridized carbons (Fsp3) is 0.957. The molecule has 4 heteroatoms. The van der Waals surface area contributed by atoms with Gasteiger partial charge in [-0.25, -0.2) is 0 Å². The predicted octanol–water partition coefficient (Wildman–Crippen LogP) is 12.3. The van der Waals surface area contributed by atoms with Crippen molar-refractivity contribution >= 4 is 11.9 Å². The van der Waals surface area contributed by atoms with Crippen LogP contribution in [-0.2, 0) is 19.1 Å². The molecule has 12 aliphatic carbocycles. The van der Waals surface area contributed by atoms with Gasteiger partial charge < -0.3 is 9.47 Å². The molecule has 10 unspecified atom stereocenters. The van der Waals surface area contributed by atoms with Crippen molar-refractivity contribution in [2.45, 2.75) is 179 Å². The Morgan fingerprint density at radius 1 is 0.490 bits per heavy atom. The van der Waals surface area contributed by atoms with Crippen molar-refractivity contribution in [1.29, 1.82) is 0 Å². The molecule has 0 radical (unpaired) electrons. The third-order valence-electron chi connectivity index (χ3n) is 18.8. The summed E-state index contributed by atoms with van der Waals surface area (Å²) >= 11 is 0. The van der Waals surface area contributed by atoms with Crippen molar-refractivity contribution in [2.24, 2.45) is 107 Å². The molecule has 0 amide bonds. The quantitative estimate of drug-likeness (QED) is 0.267. The van der Waals surface area contributed by atoms with Crippen molar-refractivity contribution in [1.82, 2.24) is 0 Å². The second kappa shape index (κ2) is 14.5. The summed E-state index contributed by atoms with van der Waals surface area (Å²) in [5.74, 6) is 12.9. The maximum Gasteiger partial charge on any atom is 0.309 e. The van der Waals surface area contributed by atoms with Crippen LogP contribution < -0.4 is 0 Å². The second-order valence-corrected chi connectivity index (χ2v) is 20.4. The second-order valence-electron chi connectivity index (χ2n) is 20.4. The van der Waals surface area contributed by atoms with Crippen LogP contribution in [0.15, 0.2) is 0 Å². The lowest BCUT2D eigenvalue weighted by Gasteiger charge is -2.60. The molecule has 0 spiro atoms. The van der Waals surface area contributed by atoms with Crippen molar-refractivity contribution in [3.05, 3.63) is 0 Å². The number of esters is 2. The molecule has 10 atom stereocenters. The predicted molar refractivity (Wildman–Crippen MR) is 211 cm³/mol. The fourth-order valence-corrected chi connectivity index (χ4v) is 16.1. The molecule has 0 saturated heterocycles. The number of carbonyl (C=O) groups is 2. The Morgan fingerprint density at radius 3 is 1.18 bits per heavy atom. The minimum atomic E-state index is -0.138. The summed E-state index contributed by atoms with van der Waals surface area (Å²) < 4.78 is 12.9. The minimum Gasteiger partial charge on any atom is -0.459 e. The van der Waals surface area contributed by atoms with Gasteiger partial charge in [-0.15, -0.1) is 0 Å². The summed E-state index contributed by atoms with van der Waals surface area (Å²) in [6, 6.07) is 0. The van der Waals surface area contributed by atoms with Crippen LogP contribution in [0.5, 0.6) is 0 Å². The van der Waals surface area contributed by atoms with Gasteiger partial charge >= 0.3 is 11.9 Å². The van der Waals surface area contributed by atoms with E-state index in [2.05, 4.69) is 41.5 Å². The molecule has 0 heterocycles. The SMILES string of the molecule is C.C.C.C.CC1C2CC(C(=O)OC3(C)C4CC5CC(C4)CC3C5)C(C2)C1C.CCC1(OC(=O)C2CC3CC2C(C)C3C)C2CC3CC(C2)CC1C3. The average Bonchev–Trinajstić information content (AvgIpc) is 3.80. The molecule has 4 nitrogen and oxygen atoms in total. The Kier molecular flexibility index (Phi) is 11.7. The highest BCUT2D eigenvalue weighted by molar-refractivity contribution is 5.75. The van der Waals surface area contributed by atoms with Gasteiger partial charge in [0.2, 0.25) is 0 Å². The fourth-order valence-electron chi connectivity index (χ4n) is 16.1. The first-order valence-corrected chi connectivity index (χ1v) is 20.9. The number of hydrogen-bond acceptors (Lipinski definition) is 4. The Bertz CT molecular complexity index is 1190. The molecular weight excluding hydrogens is 629 g/mol. The number of fused-ring (bicyclic) bond motifs is 4. The third-order valence-corrected chi connectivity index (χ3v) is 18.8. The maximum atomic E-state index is 13.2. The van der Waals surface area contributed by atoms with Crippen molar-refractivity contribution in [3.8, 4) is 0 Å². The zero-order chi connectivity index (χ0) is 32.6. The van der Waals surface area contributed by atoms with Gasteiger partial charge in [-0.1, -0.05) is 64.3 Å². The standard InChI is InChI=1S/C22H34O2.C21H32O2.4CH4/c1-4-22(17-6-14-5-15(8-17)9-18(22)7-14)24-21(23)20-11-16-10-19(20)13(3)12(16)2;1-11-12(2)18-9-15(11)10-19(18)20(22)23-21(3)16-5-13-4-14(7-16)8-17(21)6-13;;;;/h12-20H,4-11H2,1-3H3;11-19H,4-10H2,1-3H3;4*1H4. The molecule has 51 heavy (non-hydrogen) atoms. The van der Waals surface area contributed by atoms with Gasteiger partial charge in [0.1, 0.15) is 11.2 Å². The Balaban J connectivity index is 0.000000183. The van der Waals surface area contributed by atoms with Crippen LogP contribution in [0.4, 0.5) is 0 Å². The average molecular weight is 711 g/mol. The van der Waals surface area contributed by atoms with E-state index in [1.54, 1.807) is 0 Å². The summed E-state index contributed by atoms with van der Waals surface area (Å²) in [5.41, 5.74) is -0.234. The van der Waals surface area contributed by atoms with Crippen molar-refractivity contribution < 1.29 is 19.1 Å². The monoisotopic (exact) mass is 711 g/mol. The lowest BCUT2D eigenvalue weighted by atomic mass is 9.49. The molecule has 294 valence electrons. The smallest absolute Gasteiger partial charge is 0.309 e. The molecule has 12 rings (SSSR count). The minimum absolute atomic E-state index is 0. The first kappa shape index (κ1) is 41.1. The van der Waals surface area contributed by atoms with Crippen LogP contribution >= 0.6 is 0 Å². The first-order valence-electron chi connectivity index (χ1n) is 20.9. The highest BCUT2D eigenvalue weighted by atomic mass is 16.6. The van der Waals surface area contributed by atoms with Crippen molar-refractivity contribution in [2.75, 3.05) is 0 Å². The summed E-state index contributed by atoms with van der Waals surface area (Å²) in [7, 11) is 0. The topological polar surface area (TPSA) is 52.6 Å². The Labute approximate surface area is 315 Å². The normalized spacial score (nSPS) is 53.9. The molecule has 12 aliphatic rings. The van der Waals surface area contributed by atoms with E-state index in [4.69, 9.17) is 9.47 Å². The van der Waals surface area contributed by atoms with Gasteiger partial charge in [0.25, 0.3) is 0 Å². The summed E-state index contributed by atoms with van der Waals surface area (Å²) in [6.45, 7) is 14.1. The van der Waals surface area contributed by atoms with Crippen LogP contribution in [0.3, 0.4) is 0 Å². The lowest BCUT2D eigenvalue weighted by molar-refractivity contribution is -0.216. The molecule has 12 bridgehead atoms. The van der Waals surface area contributed by atoms with Gasteiger partial charge in [0, 0.05) is 0 Å². The molecule has 0 aromatic heterocycles. The van der Waals surface area contributed by atoms with Crippen LogP contribution in [0.1, 0.15) is 168 Å². The van der Waals surface area contributed by atoms with Gasteiger partial charge in [-0.05, 0) is 198 Å². The summed E-state index contributed by atoms with van der Waals surface area (Å²) in [6.07, 6.45) is 19.3. The Morgan fingerprint density at radius 2 is 0.843 bits per heavy atom. The number of hydrogen-bond donors (Lipinski definition) is 0. The highest BCUT2D eigenvalue weighted by Gasteiger charge is 2.61. The van der Waals surface area contributed by atoms with E-state index in [-0.39, 0.29) is 64.7 Å². The van der Waals surface area contributed by atoms with E-state index in [9.17, 15) is 9.59 Å². The summed E-state index contributed by atoms with van der Waals surface area (Å²) in [4.78, 5) is 26.3. The number of carbonyl (C=O) groups excluding carboxylic acids is 2. The third kappa shape index (κ3) is 6.19. The van der Waals surface area contributed by atoms with Crippen LogP contribution in [0, 0.1) is 107 Å². The first-order chi connectivity index (χ1) is 22.5. The Hall–Kier alpha value is -1.06. The number of ether oxygens (including phenoxy) is 2. The van der Waals surface area contributed by atoms with Gasteiger partial charge in [0.05, 0.1) is 11.8 Å². The molecule has 0 N–H and O–H groups in total. The van der Waals surface area contributed by atoms with E-state index in [0.29, 0.717) is 47.3 Å². The molecule has 0 aliphatic heterocycles.